The number of anilines is 1. The lowest BCUT2D eigenvalue weighted by Gasteiger charge is -1.99. The first-order chi connectivity index (χ1) is 8.25. The first-order valence-electron chi connectivity index (χ1n) is 5.29. The molecule has 0 aromatic heterocycles. The van der Waals surface area contributed by atoms with Crippen LogP contribution in [-0.4, -0.2) is 12.1 Å². The van der Waals surface area contributed by atoms with Crippen molar-refractivity contribution >= 4 is 17.7 Å². The Morgan fingerprint density at radius 3 is 2.53 bits per heavy atom. The molecule has 0 saturated carbocycles. The Balaban J connectivity index is 2.15. The molecule has 2 rings (SSSR count). The molecule has 0 bridgehead atoms. The fourth-order valence-corrected chi connectivity index (χ4v) is 1.44. The number of hydrogen-bond acceptors (Lipinski definition) is 2. The zero-order valence-corrected chi connectivity index (χ0v) is 9.30. The van der Waals surface area contributed by atoms with Gasteiger partial charge in [0.05, 0.1) is 0 Å². The fraction of sp³-hybridized carbons (Fsp3) is 0. The summed E-state index contributed by atoms with van der Waals surface area (Å²) < 4.78 is 0. The Morgan fingerprint density at radius 1 is 1.06 bits per heavy atom. The van der Waals surface area contributed by atoms with Gasteiger partial charge in [0.2, 0.25) is 0 Å². The quantitative estimate of drug-likeness (QED) is 0.459. The van der Waals surface area contributed by atoms with Gasteiger partial charge in [-0.2, -0.15) is 0 Å². The van der Waals surface area contributed by atoms with E-state index < -0.39 is 0 Å². The Kier molecular flexibility index (Phi) is 3.31. The molecule has 0 aliphatic carbocycles. The van der Waals surface area contributed by atoms with Crippen molar-refractivity contribution in [3.05, 3.63) is 65.7 Å². The van der Waals surface area contributed by atoms with E-state index in [-0.39, 0.29) is 5.84 Å². The van der Waals surface area contributed by atoms with Crippen molar-refractivity contribution in [1.29, 1.82) is 5.41 Å². The molecule has 3 nitrogen and oxygen atoms in total. The lowest BCUT2D eigenvalue weighted by atomic mass is 10.2. The Bertz CT molecular complexity index is 544. The fourth-order valence-electron chi connectivity index (χ4n) is 1.44. The second kappa shape index (κ2) is 5.07. The maximum atomic E-state index is 7.82. The van der Waals surface area contributed by atoms with Crippen LogP contribution in [0.3, 0.4) is 0 Å². The first kappa shape index (κ1) is 11.1. The van der Waals surface area contributed by atoms with E-state index in [1.54, 1.807) is 18.3 Å². The molecule has 0 aliphatic heterocycles. The summed E-state index contributed by atoms with van der Waals surface area (Å²) in [5, 5.41) is 7.82. The molecule has 2 aromatic rings. The van der Waals surface area contributed by atoms with E-state index in [0.29, 0.717) is 5.69 Å². The van der Waals surface area contributed by atoms with Crippen LogP contribution < -0.4 is 5.73 Å². The van der Waals surface area contributed by atoms with Crippen LogP contribution in [0.1, 0.15) is 11.1 Å². The van der Waals surface area contributed by atoms with Gasteiger partial charge in [-0.1, -0.05) is 42.5 Å². The molecule has 0 atom stereocenters. The molecule has 0 spiro atoms. The van der Waals surface area contributed by atoms with Crippen LogP contribution in [0.25, 0.3) is 0 Å². The summed E-state index contributed by atoms with van der Waals surface area (Å²) in [6.45, 7) is 0. The lowest BCUT2D eigenvalue weighted by molar-refractivity contribution is 1.42. The van der Waals surface area contributed by atoms with Crippen LogP contribution in [0.15, 0.2) is 59.6 Å². The third-order valence-corrected chi connectivity index (χ3v) is 2.30. The van der Waals surface area contributed by atoms with E-state index in [2.05, 4.69) is 4.99 Å². The summed E-state index contributed by atoms with van der Waals surface area (Å²) in [6.07, 6.45) is 1.67. The number of nitrogens with zero attached hydrogens (tertiary/aromatic N) is 1. The van der Waals surface area contributed by atoms with E-state index in [0.717, 1.165) is 11.1 Å². The van der Waals surface area contributed by atoms with Crippen molar-refractivity contribution in [3.8, 4) is 0 Å². The smallest absolute Gasteiger partial charge is 0.151 e. The Labute approximate surface area is 100 Å². The molecular weight excluding hydrogens is 210 g/mol. The normalized spacial score (nSPS) is 10.6. The van der Waals surface area contributed by atoms with E-state index in [9.17, 15) is 0 Å². The first-order valence-corrected chi connectivity index (χ1v) is 5.29. The minimum Gasteiger partial charge on any atom is -0.399 e. The highest BCUT2D eigenvalue weighted by atomic mass is 14.8. The average Bonchev–Trinajstić information content (AvgIpc) is 2.37. The number of benzene rings is 2. The van der Waals surface area contributed by atoms with Gasteiger partial charge in [-0.05, 0) is 17.7 Å². The second-order valence-electron chi connectivity index (χ2n) is 3.64. The summed E-state index contributed by atoms with van der Waals surface area (Å²) in [5.74, 6) is 0.209. The average molecular weight is 223 g/mol. The molecule has 0 saturated heterocycles. The van der Waals surface area contributed by atoms with Crippen LogP contribution >= 0.6 is 0 Å². The molecule has 84 valence electrons. The standard InChI is InChI=1S/C14H13N3/c15-13-8-4-7-12(9-13)14(16)17-10-11-5-2-1-3-6-11/h1-10,16H,15H2/b16-14?,17-10+. The van der Waals surface area contributed by atoms with Gasteiger partial charge in [0, 0.05) is 17.5 Å². The number of amidine groups is 1. The van der Waals surface area contributed by atoms with Crippen molar-refractivity contribution < 1.29 is 0 Å². The Morgan fingerprint density at radius 2 is 1.82 bits per heavy atom. The van der Waals surface area contributed by atoms with Crippen LogP contribution in [0.4, 0.5) is 5.69 Å². The zero-order chi connectivity index (χ0) is 12.1. The predicted molar refractivity (Wildman–Crippen MR) is 71.7 cm³/mol. The molecule has 2 aromatic carbocycles. The van der Waals surface area contributed by atoms with Crippen LogP contribution in [0.2, 0.25) is 0 Å². The largest absolute Gasteiger partial charge is 0.399 e. The molecule has 0 unspecified atom stereocenters. The summed E-state index contributed by atoms with van der Waals surface area (Å²) in [6, 6.07) is 16.9. The SMILES string of the molecule is N=C(/N=C/c1ccccc1)c1cccc(N)c1. The third-order valence-electron chi connectivity index (χ3n) is 2.30. The minimum absolute atomic E-state index is 0.209. The maximum absolute atomic E-state index is 7.82. The van der Waals surface area contributed by atoms with Gasteiger partial charge in [0.25, 0.3) is 0 Å². The van der Waals surface area contributed by atoms with Gasteiger partial charge < -0.3 is 5.73 Å². The van der Waals surface area contributed by atoms with E-state index >= 15 is 0 Å². The van der Waals surface area contributed by atoms with Gasteiger partial charge in [0.1, 0.15) is 0 Å². The molecule has 3 heteroatoms. The number of nitrogen functional groups attached to an aromatic ring is 1. The third kappa shape index (κ3) is 3.01. The highest BCUT2D eigenvalue weighted by Gasteiger charge is 1.98. The number of nitrogens with two attached hydrogens (primary N) is 1. The molecule has 0 radical (unpaired) electrons. The van der Waals surface area contributed by atoms with Gasteiger partial charge >= 0.3 is 0 Å². The van der Waals surface area contributed by atoms with Crippen LogP contribution in [0.5, 0.6) is 0 Å². The summed E-state index contributed by atoms with van der Waals surface area (Å²) >= 11 is 0. The Hall–Kier alpha value is -2.42. The van der Waals surface area contributed by atoms with Gasteiger partial charge in [-0.3, -0.25) is 5.41 Å². The van der Waals surface area contributed by atoms with E-state index in [4.69, 9.17) is 11.1 Å². The van der Waals surface area contributed by atoms with Crippen molar-refractivity contribution in [2.45, 2.75) is 0 Å². The molecule has 0 aliphatic rings. The molecule has 0 fully saturated rings. The van der Waals surface area contributed by atoms with Gasteiger partial charge in [-0.25, -0.2) is 4.99 Å². The predicted octanol–water partition coefficient (Wildman–Crippen LogP) is 2.71. The molecule has 0 heterocycles. The number of aliphatic imine (C=N–C) groups is 1. The van der Waals surface area contributed by atoms with Crippen molar-refractivity contribution in [3.63, 3.8) is 0 Å². The van der Waals surface area contributed by atoms with Crippen LogP contribution in [0, 0.1) is 5.41 Å². The summed E-state index contributed by atoms with van der Waals surface area (Å²) in [5.41, 5.74) is 7.99. The second-order valence-corrected chi connectivity index (χ2v) is 3.64. The topological polar surface area (TPSA) is 62.2 Å². The summed E-state index contributed by atoms with van der Waals surface area (Å²) in [7, 11) is 0. The highest BCUT2D eigenvalue weighted by Crippen LogP contribution is 2.07. The highest BCUT2D eigenvalue weighted by molar-refractivity contribution is 6.03. The zero-order valence-electron chi connectivity index (χ0n) is 9.30. The van der Waals surface area contributed by atoms with Crippen molar-refractivity contribution in [2.75, 3.05) is 5.73 Å². The molecular formula is C14H13N3. The number of nitrogens with one attached hydrogen (secondary N) is 1. The number of rotatable bonds is 2. The van der Waals surface area contributed by atoms with Gasteiger partial charge in [0.15, 0.2) is 5.84 Å². The molecule has 17 heavy (non-hydrogen) atoms. The van der Waals surface area contributed by atoms with E-state index in [1.165, 1.54) is 0 Å². The molecule has 0 amide bonds. The minimum atomic E-state index is 0.209. The monoisotopic (exact) mass is 223 g/mol. The summed E-state index contributed by atoms with van der Waals surface area (Å²) in [4.78, 5) is 4.11. The van der Waals surface area contributed by atoms with E-state index in [1.807, 2.05) is 42.5 Å². The van der Waals surface area contributed by atoms with Crippen molar-refractivity contribution in [1.82, 2.24) is 0 Å². The van der Waals surface area contributed by atoms with Crippen LogP contribution in [-0.2, 0) is 0 Å². The number of hydrogen-bond donors (Lipinski definition) is 2. The van der Waals surface area contributed by atoms with Crippen molar-refractivity contribution in [2.24, 2.45) is 4.99 Å². The molecule has 3 N–H and O–H groups in total. The maximum Gasteiger partial charge on any atom is 0.151 e. The lowest BCUT2D eigenvalue weighted by Crippen LogP contribution is -1.97. The van der Waals surface area contributed by atoms with Gasteiger partial charge in [-0.15, -0.1) is 0 Å².